The zero-order valence-corrected chi connectivity index (χ0v) is 53.7. The molecular formula is C66H59ClN26O4. The fourth-order valence-corrected chi connectivity index (χ4v) is 10.00. The predicted molar refractivity (Wildman–Crippen MR) is 360 cm³/mol. The van der Waals surface area contributed by atoms with Crippen molar-refractivity contribution in [1.82, 2.24) is 0 Å². The fourth-order valence-electron chi connectivity index (χ4n) is 10.00. The SMILES string of the molecule is C=C(C)C(=O)Cl.N=N/N=N/N=N/N=N/N=N/N=N/N=N/N=N/N=N/N=N/N=N.[C-]#[N+]c1ccc(N(c2ccc(CO)cc2)c2ccc3c(c2)C(C)(C)c2ccccc2-3)cc1.[C-]#[N+]c1ccc(N(c2ccc(COC(=O)C(=C)C)cc2)c2ccc3c(c2)C(C)(C)c2ccccc2-3)cc1. The first-order valence-corrected chi connectivity index (χ1v) is 29.1. The molecule has 0 saturated heterocycles. The smallest absolute Gasteiger partial charge is 0.333 e. The molecule has 0 spiro atoms. The van der Waals surface area contributed by atoms with Crippen LogP contribution >= 0.6 is 11.6 Å². The van der Waals surface area contributed by atoms with Crippen LogP contribution in [0.1, 0.15) is 74.9 Å². The monoisotopic (exact) mass is 1310 g/mol. The lowest BCUT2D eigenvalue weighted by Crippen LogP contribution is -2.16. The summed E-state index contributed by atoms with van der Waals surface area (Å²) >= 11 is 4.87. The Balaban J connectivity index is 0.000000202. The molecule has 0 saturated carbocycles. The number of anilines is 6. The average Bonchev–Trinajstić information content (AvgIpc) is 1.59. The summed E-state index contributed by atoms with van der Waals surface area (Å²) in [5.41, 5.74) is 32.4. The molecule has 0 bridgehead atoms. The van der Waals surface area contributed by atoms with Crippen LogP contribution in [0.5, 0.6) is 0 Å². The van der Waals surface area contributed by atoms with Gasteiger partial charge in [-0.05, 0) is 237 Å². The summed E-state index contributed by atoms with van der Waals surface area (Å²) in [7, 11) is 0. The molecule has 8 aromatic rings. The highest BCUT2D eigenvalue weighted by atomic mass is 35.5. The molecule has 0 radical (unpaired) electrons. The second-order valence-electron chi connectivity index (χ2n) is 21.4. The van der Waals surface area contributed by atoms with E-state index >= 15 is 0 Å². The molecule has 31 heteroatoms. The Bertz CT molecular complexity index is 4470. The van der Waals surface area contributed by atoms with Gasteiger partial charge in [0.15, 0.2) is 11.4 Å². The van der Waals surface area contributed by atoms with Crippen LogP contribution in [-0.2, 0) is 38.4 Å². The lowest BCUT2D eigenvalue weighted by Gasteiger charge is -2.28. The maximum atomic E-state index is 11.8. The van der Waals surface area contributed by atoms with Crippen LogP contribution < -0.4 is 9.80 Å². The molecule has 0 aliphatic heterocycles. The summed E-state index contributed by atoms with van der Waals surface area (Å²) in [5.74, 6) is -0.396. The quantitative estimate of drug-likeness (QED) is 0.0157. The zero-order valence-electron chi connectivity index (χ0n) is 52.9. The molecule has 0 unspecified atom stereocenters. The standard InChI is InChI=1S/C33H28N2O2.C29H24N2O.C4H5ClO.H2N22/c1-22(2)32(36)37-21-23-10-14-25(15-11-23)35(26-16-12-24(34-5)13-17-26)27-18-19-29-28-8-6-7-9-30(28)33(3,4)31(29)20-27;1-29(2)27-7-5-4-6-25(27)26-17-16-24(18-28(26)29)31(22-12-8-20(19-32)9-13-22)23-14-10-21(30-3)11-15-23;1-3(2)4(5)6;1-3-5-7-9-11-13-15-17-19-21-22-20-18-16-14-12-10-8-6-4-2/h6-20H,1,21H2,2-4H3;4-18,32H,19H2,1-2H3;1H2,2H3;1-2H/b;;;3-1?,4-2?,7-5+,8-6+,11-9+,12-10+,15-13+,16-14+,19-17+,20-18+,22-21+. The van der Waals surface area contributed by atoms with Gasteiger partial charge in [0, 0.05) is 77.0 Å². The minimum atomic E-state index is -0.463. The predicted octanol–water partition coefficient (Wildman–Crippen LogP) is 21.7. The molecule has 0 heterocycles. The van der Waals surface area contributed by atoms with E-state index in [1.807, 2.05) is 97.1 Å². The van der Waals surface area contributed by atoms with Crippen LogP contribution in [0.15, 0.2) is 311 Å². The number of rotatable bonds is 21. The first-order valence-electron chi connectivity index (χ1n) is 28.7. The second kappa shape index (κ2) is 35.0. The number of halogens is 1. The topological polar surface area (TPSA) is 374 Å². The van der Waals surface area contributed by atoms with Crippen molar-refractivity contribution >= 4 is 68.3 Å². The van der Waals surface area contributed by atoms with Gasteiger partial charge in [-0.2, -0.15) is 11.1 Å². The largest absolute Gasteiger partial charge is 0.457 e. The van der Waals surface area contributed by atoms with Crippen molar-refractivity contribution in [2.75, 3.05) is 9.80 Å². The van der Waals surface area contributed by atoms with Gasteiger partial charge in [0.2, 0.25) is 5.24 Å². The number of ether oxygens (including phenoxy) is 1. The zero-order chi connectivity index (χ0) is 69.7. The summed E-state index contributed by atoms with van der Waals surface area (Å²) in [6.07, 6.45) is 0. The molecule has 30 nitrogen and oxygen atoms in total. The van der Waals surface area contributed by atoms with Gasteiger partial charge in [0.1, 0.15) is 6.61 Å². The second-order valence-corrected chi connectivity index (χ2v) is 21.8. The highest BCUT2D eigenvalue weighted by Crippen LogP contribution is 2.52. The van der Waals surface area contributed by atoms with Crippen molar-refractivity contribution in [3.8, 4) is 22.3 Å². The summed E-state index contributed by atoms with van der Waals surface area (Å²) in [6, 6.07) is 61.8. The average molecular weight is 1320 g/mol. The normalized spacial score (nSPS) is 12.8. The molecule has 0 fully saturated rings. The molecule has 484 valence electrons. The van der Waals surface area contributed by atoms with E-state index in [2.05, 4.69) is 250 Å². The van der Waals surface area contributed by atoms with E-state index in [1.54, 1.807) is 13.8 Å². The molecule has 8 aromatic carbocycles. The van der Waals surface area contributed by atoms with Crippen LogP contribution in [0.3, 0.4) is 0 Å². The van der Waals surface area contributed by atoms with Gasteiger partial charge in [-0.25, -0.2) is 14.5 Å². The first-order chi connectivity index (χ1) is 46.9. The van der Waals surface area contributed by atoms with Gasteiger partial charge in [0.25, 0.3) is 0 Å². The minimum Gasteiger partial charge on any atom is -0.457 e. The third kappa shape index (κ3) is 19.0. The summed E-state index contributed by atoms with van der Waals surface area (Å²) in [6.45, 7) is 34.0. The summed E-state index contributed by atoms with van der Waals surface area (Å²) in [5, 5.41) is 66.6. The Hall–Kier alpha value is -13.2. The number of carbonyl (C=O) groups is 2. The van der Waals surface area contributed by atoms with Crippen LogP contribution in [0, 0.1) is 24.2 Å². The molecule has 2 aliphatic carbocycles. The third-order valence-electron chi connectivity index (χ3n) is 14.5. The highest BCUT2D eigenvalue weighted by Gasteiger charge is 2.37. The van der Waals surface area contributed by atoms with Crippen molar-refractivity contribution in [2.24, 2.45) is 104 Å². The first kappa shape index (κ1) is 71.3. The van der Waals surface area contributed by atoms with Gasteiger partial charge in [-0.3, -0.25) is 4.79 Å². The molecule has 10 rings (SSSR count). The lowest BCUT2D eigenvalue weighted by molar-refractivity contribution is -0.140. The van der Waals surface area contributed by atoms with E-state index in [1.165, 1.54) is 44.5 Å². The number of benzene rings is 8. The van der Waals surface area contributed by atoms with Gasteiger partial charge < -0.3 is 19.6 Å². The van der Waals surface area contributed by atoms with Crippen molar-refractivity contribution in [3.05, 3.63) is 263 Å². The van der Waals surface area contributed by atoms with Crippen LogP contribution in [0.25, 0.3) is 31.9 Å². The molecular weight excluding hydrogens is 1260 g/mol. The minimum absolute atomic E-state index is 0.0191. The molecule has 3 N–H and O–H groups in total. The third-order valence-corrected chi connectivity index (χ3v) is 14.8. The number of esters is 1. The molecule has 0 amide bonds. The maximum Gasteiger partial charge on any atom is 0.333 e. The van der Waals surface area contributed by atoms with E-state index in [0.29, 0.717) is 22.5 Å². The summed E-state index contributed by atoms with van der Waals surface area (Å²) in [4.78, 5) is 33.1. The van der Waals surface area contributed by atoms with Gasteiger partial charge in [0.05, 0.1) is 19.8 Å². The Morgan fingerprint density at radius 3 is 1.03 bits per heavy atom. The Morgan fingerprint density at radius 2 is 0.732 bits per heavy atom. The van der Waals surface area contributed by atoms with Crippen molar-refractivity contribution in [2.45, 2.75) is 65.6 Å². The Kier molecular flexibility index (Phi) is 25.7. The highest BCUT2D eigenvalue weighted by molar-refractivity contribution is 6.67. The molecule has 97 heavy (non-hydrogen) atoms. The number of nitrogens with zero attached hydrogens (tertiary/aromatic N) is 24. The van der Waals surface area contributed by atoms with E-state index in [0.717, 1.165) is 45.3 Å². The molecule has 0 atom stereocenters. The van der Waals surface area contributed by atoms with Crippen molar-refractivity contribution in [3.63, 3.8) is 0 Å². The van der Waals surface area contributed by atoms with Crippen LogP contribution in [-0.4, -0.2) is 16.3 Å². The van der Waals surface area contributed by atoms with E-state index in [9.17, 15) is 14.7 Å². The number of fused-ring (bicyclic) bond motifs is 6. The number of allylic oxidation sites excluding steroid dienone is 1. The van der Waals surface area contributed by atoms with E-state index in [-0.39, 0.29) is 24.0 Å². The molecule has 0 aromatic heterocycles. The summed E-state index contributed by atoms with van der Waals surface area (Å²) < 4.78 is 5.31. The number of nitrogens with one attached hydrogen (secondary N) is 2. The number of aliphatic hydroxyl groups excluding tert-OH is 1. The maximum absolute atomic E-state index is 11.8. The molecule has 2 aliphatic rings. The number of hydrogen-bond donors (Lipinski definition) is 3. The number of hydrogen-bond acceptors (Lipinski definition) is 8. The Labute approximate surface area is 560 Å². The van der Waals surface area contributed by atoms with Crippen LogP contribution in [0.4, 0.5) is 45.5 Å². The van der Waals surface area contributed by atoms with Crippen molar-refractivity contribution < 1.29 is 19.4 Å². The Morgan fingerprint density at radius 1 is 0.443 bits per heavy atom. The number of carbonyl (C=O) groups excluding carboxylic acids is 2. The fraction of sp³-hybridized carbons (Fsp3) is 0.152. The van der Waals surface area contributed by atoms with Gasteiger partial charge in [-0.15, -0.1) is 0 Å². The van der Waals surface area contributed by atoms with E-state index in [4.69, 9.17) is 40.5 Å². The van der Waals surface area contributed by atoms with Gasteiger partial charge in [-0.1, -0.05) is 150 Å². The number of aliphatic hydroxyl groups is 1. The van der Waals surface area contributed by atoms with E-state index < -0.39 is 11.2 Å². The lowest BCUT2D eigenvalue weighted by atomic mass is 9.82. The van der Waals surface area contributed by atoms with Gasteiger partial charge >= 0.3 is 5.97 Å². The van der Waals surface area contributed by atoms with Crippen LogP contribution in [0.2, 0.25) is 0 Å². The van der Waals surface area contributed by atoms with Crippen molar-refractivity contribution in [1.29, 1.82) is 11.1 Å².